The summed E-state index contributed by atoms with van der Waals surface area (Å²) < 4.78 is 11.2. The molecule has 0 spiro atoms. The fourth-order valence-corrected chi connectivity index (χ4v) is 2.05. The highest BCUT2D eigenvalue weighted by molar-refractivity contribution is 5.47. The smallest absolute Gasteiger partial charge is 0.164 e. The Balaban J connectivity index is 2.14. The molecule has 1 heterocycles. The molecule has 0 saturated carbocycles. The summed E-state index contributed by atoms with van der Waals surface area (Å²) in [5.74, 6) is 1.74. The van der Waals surface area contributed by atoms with Crippen LogP contribution in [0.2, 0.25) is 0 Å². The van der Waals surface area contributed by atoms with Crippen LogP contribution in [-0.4, -0.2) is 19.3 Å². The molecule has 88 valence electrons. The van der Waals surface area contributed by atoms with Crippen LogP contribution in [0.15, 0.2) is 18.2 Å². The third-order valence-electron chi connectivity index (χ3n) is 2.79. The van der Waals surface area contributed by atoms with Crippen LogP contribution >= 0.6 is 0 Å². The van der Waals surface area contributed by atoms with Gasteiger partial charge in [-0.25, -0.2) is 0 Å². The number of hydrogen-bond donors (Lipinski definition) is 1. The molecule has 0 bridgehead atoms. The minimum atomic E-state index is 0.210. The lowest BCUT2D eigenvalue weighted by Crippen LogP contribution is -2.24. The topological polar surface area (TPSA) is 44.5 Å². The van der Waals surface area contributed by atoms with E-state index in [2.05, 4.69) is 13.0 Å². The van der Waals surface area contributed by atoms with E-state index in [4.69, 9.17) is 15.2 Å². The van der Waals surface area contributed by atoms with Gasteiger partial charge in [-0.1, -0.05) is 25.5 Å². The minimum Gasteiger partial charge on any atom is -0.486 e. The molecule has 2 rings (SSSR count). The summed E-state index contributed by atoms with van der Waals surface area (Å²) in [6.45, 7) is 3.42. The van der Waals surface area contributed by atoms with Gasteiger partial charge in [-0.15, -0.1) is 0 Å². The molecule has 1 atom stereocenters. The SMILES string of the molecule is CCCC(N)Cc1cccc2c1OCCO2. The van der Waals surface area contributed by atoms with Crippen LogP contribution in [0.3, 0.4) is 0 Å². The molecule has 1 aliphatic rings. The van der Waals surface area contributed by atoms with E-state index in [0.29, 0.717) is 13.2 Å². The molecule has 3 heteroatoms. The van der Waals surface area contributed by atoms with Crippen LogP contribution in [0.5, 0.6) is 11.5 Å². The van der Waals surface area contributed by atoms with Gasteiger partial charge >= 0.3 is 0 Å². The fraction of sp³-hybridized carbons (Fsp3) is 0.538. The van der Waals surface area contributed by atoms with Crippen LogP contribution in [0, 0.1) is 0 Å². The molecule has 1 unspecified atom stereocenters. The number of hydrogen-bond acceptors (Lipinski definition) is 3. The van der Waals surface area contributed by atoms with E-state index in [1.165, 1.54) is 0 Å². The van der Waals surface area contributed by atoms with Gasteiger partial charge in [0.2, 0.25) is 0 Å². The summed E-state index contributed by atoms with van der Waals surface area (Å²) in [6.07, 6.45) is 3.03. The number of ether oxygens (including phenoxy) is 2. The van der Waals surface area contributed by atoms with Crippen LogP contribution < -0.4 is 15.2 Å². The Morgan fingerprint density at radius 3 is 2.94 bits per heavy atom. The molecule has 0 fully saturated rings. The quantitative estimate of drug-likeness (QED) is 0.847. The predicted octanol–water partition coefficient (Wildman–Crippen LogP) is 2.13. The third kappa shape index (κ3) is 2.47. The van der Waals surface area contributed by atoms with Crippen molar-refractivity contribution in [1.29, 1.82) is 0 Å². The molecule has 0 aromatic heterocycles. The van der Waals surface area contributed by atoms with E-state index in [1.54, 1.807) is 0 Å². The number of para-hydroxylation sites is 1. The van der Waals surface area contributed by atoms with Crippen LogP contribution in [0.25, 0.3) is 0 Å². The second kappa shape index (κ2) is 5.21. The van der Waals surface area contributed by atoms with E-state index in [9.17, 15) is 0 Å². The largest absolute Gasteiger partial charge is 0.486 e. The van der Waals surface area contributed by atoms with Crippen molar-refractivity contribution in [3.05, 3.63) is 23.8 Å². The number of benzene rings is 1. The van der Waals surface area contributed by atoms with E-state index in [0.717, 1.165) is 36.3 Å². The first kappa shape index (κ1) is 11.3. The molecule has 0 amide bonds. The molecule has 1 aliphatic heterocycles. The molecule has 16 heavy (non-hydrogen) atoms. The Kier molecular flexibility index (Phi) is 3.67. The number of nitrogens with two attached hydrogens (primary N) is 1. The first-order valence-electron chi connectivity index (χ1n) is 5.94. The highest BCUT2D eigenvalue weighted by Crippen LogP contribution is 2.34. The summed E-state index contributed by atoms with van der Waals surface area (Å²) in [4.78, 5) is 0. The van der Waals surface area contributed by atoms with Crippen molar-refractivity contribution in [3.63, 3.8) is 0 Å². The van der Waals surface area contributed by atoms with Gasteiger partial charge in [-0.2, -0.15) is 0 Å². The average molecular weight is 221 g/mol. The highest BCUT2D eigenvalue weighted by Gasteiger charge is 2.16. The van der Waals surface area contributed by atoms with Crippen molar-refractivity contribution < 1.29 is 9.47 Å². The summed E-state index contributed by atoms with van der Waals surface area (Å²) in [5.41, 5.74) is 7.22. The maximum atomic E-state index is 6.05. The van der Waals surface area contributed by atoms with Gasteiger partial charge in [0.25, 0.3) is 0 Å². The van der Waals surface area contributed by atoms with Gasteiger partial charge in [-0.3, -0.25) is 0 Å². The number of rotatable bonds is 4. The van der Waals surface area contributed by atoms with Gasteiger partial charge in [0.1, 0.15) is 13.2 Å². The van der Waals surface area contributed by atoms with Crippen molar-refractivity contribution in [2.24, 2.45) is 5.73 Å². The summed E-state index contributed by atoms with van der Waals surface area (Å²) in [5, 5.41) is 0. The minimum absolute atomic E-state index is 0.210. The summed E-state index contributed by atoms with van der Waals surface area (Å²) in [7, 11) is 0. The zero-order chi connectivity index (χ0) is 11.4. The monoisotopic (exact) mass is 221 g/mol. The van der Waals surface area contributed by atoms with Crippen LogP contribution in [0.4, 0.5) is 0 Å². The molecule has 1 aromatic carbocycles. The molecule has 2 N–H and O–H groups in total. The Labute approximate surface area is 96.5 Å². The third-order valence-corrected chi connectivity index (χ3v) is 2.79. The van der Waals surface area contributed by atoms with Crippen molar-refractivity contribution in [1.82, 2.24) is 0 Å². The molecule has 1 aromatic rings. The van der Waals surface area contributed by atoms with E-state index in [1.807, 2.05) is 12.1 Å². The molecule has 3 nitrogen and oxygen atoms in total. The normalized spacial score (nSPS) is 15.9. The maximum absolute atomic E-state index is 6.05. The van der Waals surface area contributed by atoms with E-state index >= 15 is 0 Å². The Morgan fingerprint density at radius 2 is 2.12 bits per heavy atom. The van der Waals surface area contributed by atoms with Crippen molar-refractivity contribution in [3.8, 4) is 11.5 Å². The van der Waals surface area contributed by atoms with Crippen LogP contribution in [0.1, 0.15) is 25.3 Å². The number of fused-ring (bicyclic) bond motifs is 1. The molecule has 0 saturated heterocycles. The zero-order valence-electron chi connectivity index (χ0n) is 9.74. The Bertz CT molecular complexity index is 352. The lowest BCUT2D eigenvalue weighted by atomic mass is 10.0. The summed E-state index contributed by atoms with van der Waals surface area (Å²) in [6, 6.07) is 6.23. The van der Waals surface area contributed by atoms with E-state index < -0.39 is 0 Å². The first-order valence-corrected chi connectivity index (χ1v) is 5.94. The van der Waals surface area contributed by atoms with Crippen molar-refractivity contribution in [2.75, 3.05) is 13.2 Å². The van der Waals surface area contributed by atoms with Crippen molar-refractivity contribution >= 4 is 0 Å². The van der Waals surface area contributed by atoms with Gasteiger partial charge in [0.05, 0.1) is 0 Å². The second-order valence-electron chi connectivity index (χ2n) is 4.19. The average Bonchev–Trinajstić information content (AvgIpc) is 2.30. The van der Waals surface area contributed by atoms with Gasteiger partial charge in [0, 0.05) is 6.04 Å². The van der Waals surface area contributed by atoms with Crippen LogP contribution in [-0.2, 0) is 6.42 Å². The first-order chi connectivity index (χ1) is 7.81. The Hall–Kier alpha value is -1.22. The van der Waals surface area contributed by atoms with Gasteiger partial charge < -0.3 is 15.2 Å². The predicted molar refractivity (Wildman–Crippen MR) is 64.0 cm³/mol. The van der Waals surface area contributed by atoms with Gasteiger partial charge in [0.15, 0.2) is 11.5 Å². The second-order valence-corrected chi connectivity index (χ2v) is 4.19. The standard InChI is InChI=1S/C13H19NO2/c1-2-4-11(14)9-10-5-3-6-12-13(10)16-8-7-15-12/h3,5-6,11H,2,4,7-9,14H2,1H3. The van der Waals surface area contributed by atoms with Crippen molar-refractivity contribution in [2.45, 2.75) is 32.2 Å². The lowest BCUT2D eigenvalue weighted by Gasteiger charge is -2.22. The molecule has 0 aliphatic carbocycles. The molecule has 0 radical (unpaired) electrons. The molecular weight excluding hydrogens is 202 g/mol. The molecular formula is C13H19NO2. The highest BCUT2D eigenvalue weighted by atomic mass is 16.6. The zero-order valence-corrected chi connectivity index (χ0v) is 9.74. The maximum Gasteiger partial charge on any atom is 0.164 e. The lowest BCUT2D eigenvalue weighted by molar-refractivity contribution is 0.169. The fourth-order valence-electron chi connectivity index (χ4n) is 2.05. The van der Waals surface area contributed by atoms with E-state index in [-0.39, 0.29) is 6.04 Å². The summed E-state index contributed by atoms with van der Waals surface area (Å²) >= 11 is 0. The van der Waals surface area contributed by atoms with Gasteiger partial charge in [-0.05, 0) is 24.5 Å². The Morgan fingerprint density at radius 1 is 1.31 bits per heavy atom.